The van der Waals surface area contributed by atoms with E-state index in [1.807, 2.05) is 0 Å². The molecule has 10 nitrogen and oxygen atoms in total. The highest BCUT2D eigenvalue weighted by Crippen LogP contribution is 2.32. The number of hydrogen-bond donors (Lipinski definition) is 5. The second-order valence-corrected chi connectivity index (χ2v) is 6.84. The van der Waals surface area contributed by atoms with Gasteiger partial charge in [0.1, 0.15) is 24.6 Å². The molecule has 4 rings (SSSR count). The van der Waals surface area contributed by atoms with Crippen LogP contribution in [0.1, 0.15) is 11.8 Å². The average Bonchev–Trinajstić information content (AvgIpc) is 3.23. The Kier molecular flexibility index (Phi) is 5.04. The number of rotatable bonds is 5. The first-order valence-corrected chi connectivity index (χ1v) is 8.95. The van der Waals surface area contributed by atoms with Crippen molar-refractivity contribution in [2.45, 2.75) is 31.1 Å². The molecule has 0 saturated carbocycles. The molecule has 2 aromatic heterocycles. The van der Waals surface area contributed by atoms with Crippen molar-refractivity contribution in [3.05, 3.63) is 41.4 Å². The number of aliphatic hydroxyl groups excluding tert-OH is 3. The molecule has 1 aromatic carbocycles. The quantitative estimate of drug-likeness (QED) is 0.376. The van der Waals surface area contributed by atoms with Gasteiger partial charge in [-0.05, 0) is 12.1 Å². The largest absolute Gasteiger partial charge is 0.398 e. The molecular weight excluding hydrogens is 388 g/mol. The number of nitrogen functional groups attached to an aromatic ring is 1. The predicted octanol–water partition coefficient (Wildman–Crippen LogP) is 0.285. The SMILES string of the molecule is Nc1cccc(Cl)c1CNc1ncnc2c1ncn2C1O[C@H](CO)[C@@H](O)[C@H]1O. The lowest BCUT2D eigenvalue weighted by Crippen LogP contribution is -2.33. The molecule has 0 amide bonds. The van der Waals surface area contributed by atoms with Gasteiger partial charge in [0.25, 0.3) is 0 Å². The van der Waals surface area contributed by atoms with E-state index in [0.717, 1.165) is 5.56 Å². The van der Waals surface area contributed by atoms with Gasteiger partial charge in [0.05, 0.1) is 12.9 Å². The van der Waals surface area contributed by atoms with Crippen LogP contribution in [-0.2, 0) is 11.3 Å². The topological polar surface area (TPSA) is 152 Å². The number of aromatic nitrogens is 4. The number of nitrogens with zero attached hydrogens (tertiary/aromatic N) is 4. The summed E-state index contributed by atoms with van der Waals surface area (Å²) in [6.45, 7) is -0.0826. The molecule has 1 aliphatic heterocycles. The molecular formula is C17H19ClN6O4. The average molecular weight is 407 g/mol. The van der Waals surface area contributed by atoms with Crippen LogP contribution in [0.25, 0.3) is 11.2 Å². The first kappa shape index (κ1) is 18.8. The Labute approximate surface area is 164 Å². The first-order valence-electron chi connectivity index (χ1n) is 8.58. The Morgan fingerprint density at radius 3 is 2.75 bits per heavy atom. The molecule has 0 radical (unpaired) electrons. The second kappa shape index (κ2) is 7.49. The van der Waals surface area contributed by atoms with Crippen LogP contribution in [0.4, 0.5) is 11.5 Å². The third-order valence-electron chi connectivity index (χ3n) is 4.74. The molecule has 1 aliphatic rings. The van der Waals surface area contributed by atoms with Crippen molar-refractivity contribution in [2.75, 3.05) is 17.7 Å². The molecule has 1 saturated heterocycles. The van der Waals surface area contributed by atoms with Gasteiger partial charge in [-0.2, -0.15) is 0 Å². The van der Waals surface area contributed by atoms with E-state index in [2.05, 4.69) is 20.3 Å². The molecule has 6 N–H and O–H groups in total. The molecule has 148 valence electrons. The number of halogens is 1. The monoisotopic (exact) mass is 406 g/mol. The van der Waals surface area contributed by atoms with E-state index >= 15 is 0 Å². The fraction of sp³-hybridized carbons (Fsp3) is 0.353. The van der Waals surface area contributed by atoms with Crippen LogP contribution in [0, 0.1) is 0 Å². The summed E-state index contributed by atoms with van der Waals surface area (Å²) in [6, 6.07) is 5.28. The molecule has 0 aliphatic carbocycles. The Hall–Kier alpha value is -2.50. The molecule has 1 fully saturated rings. The number of fused-ring (bicyclic) bond motifs is 1. The van der Waals surface area contributed by atoms with Gasteiger partial charge in [-0.25, -0.2) is 15.0 Å². The van der Waals surface area contributed by atoms with Gasteiger partial charge in [-0.1, -0.05) is 17.7 Å². The van der Waals surface area contributed by atoms with E-state index in [1.165, 1.54) is 17.2 Å². The highest BCUT2D eigenvalue weighted by molar-refractivity contribution is 6.31. The molecule has 3 heterocycles. The number of nitrogens with one attached hydrogen (secondary N) is 1. The molecule has 1 unspecified atom stereocenters. The van der Waals surface area contributed by atoms with E-state index in [9.17, 15) is 15.3 Å². The molecule has 28 heavy (non-hydrogen) atoms. The zero-order valence-electron chi connectivity index (χ0n) is 14.6. The lowest BCUT2D eigenvalue weighted by atomic mass is 10.1. The summed E-state index contributed by atoms with van der Waals surface area (Å²) in [5, 5.41) is 33.2. The summed E-state index contributed by atoms with van der Waals surface area (Å²) in [5.74, 6) is 0.454. The molecule has 4 atom stereocenters. The number of ether oxygens (including phenoxy) is 1. The molecule has 0 bridgehead atoms. The standard InChI is InChI=1S/C17H19ClN6O4/c18-9-2-1-3-10(19)8(9)4-20-15-12-16(22-6-21-15)24(7-23-12)17-14(27)13(26)11(5-25)28-17/h1-3,6-7,11,13-14,17,25-27H,4-5,19H2,(H,20,21,22)/t11-,13-,14-,17?/m1/s1. The Morgan fingerprint density at radius 1 is 1.21 bits per heavy atom. The van der Waals surface area contributed by atoms with E-state index in [1.54, 1.807) is 18.2 Å². The number of aliphatic hydroxyl groups is 3. The van der Waals surface area contributed by atoms with E-state index in [-0.39, 0.29) is 0 Å². The van der Waals surface area contributed by atoms with E-state index in [4.69, 9.17) is 22.1 Å². The minimum atomic E-state index is -1.23. The van der Waals surface area contributed by atoms with Crippen LogP contribution in [0.5, 0.6) is 0 Å². The van der Waals surface area contributed by atoms with Gasteiger partial charge < -0.3 is 31.1 Å². The minimum Gasteiger partial charge on any atom is -0.398 e. The highest BCUT2D eigenvalue weighted by Gasteiger charge is 2.44. The minimum absolute atomic E-state index is 0.332. The fourth-order valence-electron chi connectivity index (χ4n) is 3.21. The number of imidazole rings is 1. The Bertz CT molecular complexity index is 979. The molecule has 3 aromatic rings. The van der Waals surface area contributed by atoms with Crippen molar-refractivity contribution in [2.24, 2.45) is 0 Å². The van der Waals surface area contributed by atoms with Crippen molar-refractivity contribution in [1.29, 1.82) is 0 Å². The summed E-state index contributed by atoms with van der Waals surface area (Å²) in [6.07, 6.45) is -1.48. The van der Waals surface area contributed by atoms with Crippen LogP contribution in [0.2, 0.25) is 5.02 Å². The van der Waals surface area contributed by atoms with Gasteiger partial charge in [0.15, 0.2) is 23.2 Å². The highest BCUT2D eigenvalue weighted by atomic mass is 35.5. The van der Waals surface area contributed by atoms with Gasteiger partial charge in [-0.3, -0.25) is 4.57 Å². The number of nitrogens with two attached hydrogens (primary N) is 1. The smallest absolute Gasteiger partial charge is 0.167 e. The van der Waals surface area contributed by atoms with E-state index in [0.29, 0.717) is 34.2 Å². The first-order chi connectivity index (χ1) is 13.5. The lowest BCUT2D eigenvalue weighted by molar-refractivity contribution is -0.0511. The number of hydrogen-bond acceptors (Lipinski definition) is 9. The third kappa shape index (κ3) is 3.15. The Balaban J connectivity index is 1.62. The summed E-state index contributed by atoms with van der Waals surface area (Å²) in [5.41, 5.74) is 8.12. The Morgan fingerprint density at radius 2 is 2.04 bits per heavy atom. The lowest BCUT2D eigenvalue weighted by Gasteiger charge is -2.16. The number of anilines is 2. The molecule has 11 heteroatoms. The van der Waals surface area contributed by atoms with Crippen LogP contribution in [0.15, 0.2) is 30.9 Å². The third-order valence-corrected chi connectivity index (χ3v) is 5.09. The van der Waals surface area contributed by atoms with Gasteiger partial charge in [0, 0.05) is 22.8 Å². The van der Waals surface area contributed by atoms with E-state index < -0.39 is 31.1 Å². The maximum absolute atomic E-state index is 10.3. The molecule has 0 spiro atoms. The van der Waals surface area contributed by atoms with Gasteiger partial charge in [0.2, 0.25) is 0 Å². The number of benzene rings is 1. The van der Waals surface area contributed by atoms with Crippen molar-refractivity contribution in [3.8, 4) is 0 Å². The van der Waals surface area contributed by atoms with Gasteiger partial charge >= 0.3 is 0 Å². The summed E-state index contributed by atoms with van der Waals surface area (Å²) in [4.78, 5) is 12.7. The second-order valence-electron chi connectivity index (χ2n) is 6.44. The van der Waals surface area contributed by atoms with Crippen LogP contribution < -0.4 is 11.1 Å². The van der Waals surface area contributed by atoms with Crippen molar-refractivity contribution >= 4 is 34.3 Å². The van der Waals surface area contributed by atoms with Crippen LogP contribution >= 0.6 is 11.6 Å². The van der Waals surface area contributed by atoms with Crippen molar-refractivity contribution < 1.29 is 20.1 Å². The summed E-state index contributed by atoms with van der Waals surface area (Å²) >= 11 is 6.20. The fourth-order valence-corrected chi connectivity index (χ4v) is 3.46. The summed E-state index contributed by atoms with van der Waals surface area (Å²) < 4.78 is 7.04. The normalized spacial score (nSPS) is 24.7. The predicted molar refractivity (Wildman–Crippen MR) is 102 cm³/mol. The van der Waals surface area contributed by atoms with Crippen LogP contribution in [-0.4, -0.2) is 59.8 Å². The maximum atomic E-state index is 10.3. The summed E-state index contributed by atoms with van der Waals surface area (Å²) in [7, 11) is 0. The van der Waals surface area contributed by atoms with Crippen molar-refractivity contribution in [3.63, 3.8) is 0 Å². The maximum Gasteiger partial charge on any atom is 0.167 e. The zero-order valence-corrected chi connectivity index (χ0v) is 15.4. The van der Waals surface area contributed by atoms with Gasteiger partial charge in [-0.15, -0.1) is 0 Å². The van der Waals surface area contributed by atoms with Crippen molar-refractivity contribution in [1.82, 2.24) is 19.5 Å². The van der Waals surface area contributed by atoms with Crippen LogP contribution in [0.3, 0.4) is 0 Å². The zero-order chi connectivity index (χ0) is 19.8.